The Hall–Kier alpha value is -1.99. The SMILES string of the molecule is Cc1nnc(NC(=O)c2ccccc2OCC2CCCO2)s1. The fourth-order valence-corrected chi connectivity index (χ4v) is 2.84. The van der Waals surface area contributed by atoms with Crippen molar-refractivity contribution in [3.05, 3.63) is 34.8 Å². The Morgan fingerprint density at radius 1 is 1.45 bits per heavy atom. The number of carbonyl (C=O) groups is 1. The van der Waals surface area contributed by atoms with Crippen LogP contribution in [-0.4, -0.2) is 35.4 Å². The van der Waals surface area contributed by atoms with E-state index in [1.54, 1.807) is 18.2 Å². The smallest absolute Gasteiger partial charge is 0.261 e. The molecule has 1 aromatic carbocycles. The highest BCUT2D eigenvalue weighted by molar-refractivity contribution is 7.15. The van der Waals surface area contributed by atoms with Crippen LogP contribution in [0, 0.1) is 6.92 Å². The number of anilines is 1. The van der Waals surface area contributed by atoms with Crippen molar-refractivity contribution in [1.82, 2.24) is 10.2 Å². The van der Waals surface area contributed by atoms with Crippen molar-refractivity contribution in [1.29, 1.82) is 0 Å². The van der Waals surface area contributed by atoms with Crippen molar-refractivity contribution >= 4 is 22.4 Å². The largest absolute Gasteiger partial charge is 0.490 e. The van der Waals surface area contributed by atoms with Gasteiger partial charge in [0.05, 0.1) is 11.7 Å². The molecule has 1 saturated heterocycles. The summed E-state index contributed by atoms with van der Waals surface area (Å²) in [5.74, 6) is 0.302. The van der Waals surface area contributed by atoms with Gasteiger partial charge in [0.1, 0.15) is 17.4 Å². The van der Waals surface area contributed by atoms with Crippen LogP contribution in [0.15, 0.2) is 24.3 Å². The van der Waals surface area contributed by atoms with Gasteiger partial charge in [0.15, 0.2) is 0 Å². The highest BCUT2D eigenvalue weighted by Crippen LogP contribution is 2.22. The van der Waals surface area contributed by atoms with E-state index in [1.807, 2.05) is 13.0 Å². The Balaban J connectivity index is 1.68. The van der Waals surface area contributed by atoms with Crippen LogP contribution < -0.4 is 10.1 Å². The van der Waals surface area contributed by atoms with E-state index in [-0.39, 0.29) is 12.0 Å². The summed E-state index contributed by atoms with van der Waals surface area (Å²) in [7, 11) is 0. The maximum absolute atomic E-state index is 12.4. The van der Waals surface area contributed by atoms with Crippen LogP contribution in [-0.2, 0) is 4.74 Å². The monoisotopic (exact) mass is 319 g/mol. The molecule has 2 aromatic rings. The molecule has 1 aliphatic rings. The lowest BCUT2D eigenvalue weighted by Crippen LogP contribution is -2.19. The molecule has 1 fully saturated rings. The fourth-order valence-electron chi connectivity index (χ4n) is 2.25. The minimum absolute atomic E-state index is 0.113. The van der Waals surface area contributed by atoms with E-state index in [0.29, 0.717) is 23.1 Å². The number of para-hydroxylation sites is 1. The standard InChI is InChI=1S/C15H17N3O3S/c1-10-17-18-15(22-10)16-14(19)12-6-2-3-7-13(12)21-9-11-5-4-8-20-11/h2-3,6-7,11H,4-5,8-9H2,1H3,(H,16,18,19). The summed E-state index contributed by atoms with van der Waals surface area (Å²) >= 11 is 1.34. The summed E-state index contributed by atoms with van der Waals surface area (Å²) < 4.78 is 11.3. The molecule has 0 radical (unpaired) electrons. The number of benzene rings is 1. The summed E-state index contributed by atoms with van der Waals surface area (Å²) in [5, 5.41) is 11.8. The van der Waals surface area contributed by atoms with Crippen LogP contribution in [0.4, 0.5) is 5.13 Å². The normalized spacial score (nSPS) is 17.4. The van der Waals surface area contributed by atoms with Crippen molar-refractivity contribution in [2.45, 2.75) is 25.9 Å². The molecule has 7 heteroatoms. The van der Waals surface area contributed by atoms with Crippen molar-refractivity contribution in [2.24, 2.45) is 0 Å². The van der Waals surface area contributed by atoms with Gasteiger partial charge in [-0.3, -0.25) is 10.1 Å². The topological polar surface area (TPSA) is 73.3 Å². The summed E-state index contributed by atoms with van der Waals surface area (Å²) in [4.78, 5) is 12.4. The molecule has 2 heterocycles. The van der Waals surface area contributed by atoms with Crippen LogP contribution in [0.25, 0.3) is 0 Å². The van der Waals surface area contributed by atoms with Gasteiger partial charge < -0.3 is 9.47 Å². The molecule has 0 saturated carbocycles. The van der Waals surface area contributed by atoms with Gasteiger partial charge in [0.25, 0.3) is 5.91 Å². The fraction of sp³-hybridized carbons (Fsp3) is 0.400. The first-order valence-corrected chi connectivity index (χ1v) is 7.99. The second-order valence-electron chi connectivity index (χ2n) is 5.02. The Kier molecular flexibility index (Phi) is 4.65. The van der Waals surface area contributed by atoms with Gasteiger partial charge >= 0.3 is 0 Å². The van der Waals surface area contributed by atoms with Crippen LogP contribution in [0.1, 0.15) is 28.2 Å². The van der Waals surface area contributed by atoms with Gasteiger partial charge in [-0.25, -0.2) is 0 Å². The summed E-state index contributed by atoms with van der Waals surface area (Å²) in [6, 6.07) is 7.17. The van der Waals surface area contributed by atoms with Crippen LogP contribution >= 0.6 is 11.3 Å². The molecule has 116 valence electrons. The van der Waals surface area contributed by atoms with E-state index in [2.05, 4.69) is 15.5 Å². The number of rotatable bonds is 5. The predicted molar refractivity (Wildman–Crippen MR) is 83.5 cm³/mol. The lowest BCUT2D eigenvalue weighted by molar-refractivity contribution is 0.0673. The van der Waals surface area contributed by atoms with Gasteiger partial charge in [0, 0.05) is 6.61 Å². The lowest BCUT2D eigenvalue weighted by Gasteiger charge is -2.14. The first-order chi connectivity index (χ1) is 10.7. The van der Waals surface area contributed by atoms with Gasteiger partial charge in [-0.2, -0.15) is 0 Å². The zero-order chi connectivity index (χ0) is 15.4. The second-order valence-corrected chi connectivity index (χ2v) is 6.20. The molecule has 6 nitrogen and oxygen atoms in total. The Labute approximate surface area is 132 Å². The van der Waals surface area contributed by atoms with Gasteiger partial charge in [0.2, 0.25) is 5.13 Å². The molecule has 3 rings (SSSR count). The van der Waals surface area contributed by atoms with Gasteiger partial charge in [-0.1, -0.05) is 23.5 Å². The van der Waals surface area contributed by atoms with Gasteiger partial charge in [-0.05, 0) is 31.9 Å². The Bertz CT molecular complexity index is 653. The van der Waals surface area contributed by atoms with Crippen LogP contribution in [0.3, 0.4) is 0 Å². The molecule has 0 spiro atoms. The van der Waals surface area contributed by atoms with Crippen molar-refractivity contribution < 1.29 is 14.3 Å². The minimum atomic E-state index is -0.251. The van der Waals surface area contributed by atoms with Crippen molar-refractivity contribution in [3.63, 3.8) is 0 Å². The first-order valence-electron chi connectivity index (χ1n) is 7.17. The van der Waals surface area contributed by atoms with E-state index in [1.165, 1.54) is 11.3 Å². The van der Waals surface area contributed by atoms with Crippen molar-refractivity contribution in [2.75, 3.05) is 18.5 Å². The molecule has 0 aliphatic carbocycles. The third-order valence-electron chi connectivity index (χ3n) is 3.33. The number of aromatic nitrogens is 2. The summed E-state index contributed by atoms with van der Waals surface area (Å²) in [6.45, 7) is 3.08. The van der Waals surface area contributed by atoms with E-state index in [4.69, 9.17) is 9.47 Å². The average molecular weight is 319 g/mol. The molecule has 1 unspecified atom stereocenters. The third kappa shape index (κ3) is 3.61. The lowest BCUT2D eigenvalue weighted by atomic mass is 10.2. The zero-order valence-electron chi connectivity index (χ0n) is 12.2. The summed E-state index contributed by atoms with van der Waals surface area (Å²) in [6.07, 6.45) is 2.17. The van der Waals surface area contributed by atoms with Crippen LogP contribution in [0.5, 0.6) is 5.75 Å². The van der Waals surface area contributed by atoms with E-state index >= 15 is 0 Å². The molecule has 1 atom stereocenters. The molecule has 1 N–H and O–H groups in total. The molecule has 22 heavy (non-hydrogen) atoms. The molecule has 1 amide bonds. The molecular formula is C15H17N3O3S. The van der Waals surface area contributed by atoms with E-state index < -0.39 is 0 Å². The number of hydrogen-bond acceptors (Lipinski definition) is 6. The van der Waals surface area contributed by atoms with E-state index in [9.17, 15) is 4.79 Å². The number of ether oxygens (including phenoxy) is 2. The number of hydrogen-bond donors (Lipinski definition) is 1. The first kappa shape index (κ1) is 14.9. The van der Waals surface area contributed by atoms with Gasteiger partial charge in [-0.15, -0.1) is 10.2 Å². The van der Waals surface area contributed by atoms with Crippen LogP contribution in [0.2, 0.25) is 0 Å². The summed E-state index contributed by atoms with van der Waals surface area (Å²) in [5.41, 5.74) is 0.480. The number of nitrogens with one attached hydrogen (secondary N) is 1. The minimum Gasteiger partial charge on any atom is -0.490 e. The Morgan fingerprint density at radius 2 is 2.32 bits per heavy atom. The number of carbonyl (C=O) groups excluding carboxylic acids is 1. The molecule has 1 aliphatic heterocycles. The molecular weight excluding hydrogens is 302 g/mol. The van der Waals surface area contributed by atoms with Crippen molar-refractivity contribution in [3.8, 4) is 5.75 Å². The van der Waals surface area contributed by atoms with E-state index in [0.717, 1.165) is 24.5 Å². The third-order valence-corrected chi connectivity index (χ3v) is 4.08. The predicted octanol–water partition coefficient (Wildman–Crippen LogP) is 2.66. The number of amides is 1. The second kappa shape index (κ2) is 6.85. The Morgan fingerprint density at radius 3 is 3.05 bits per heavy atom. The highest BCUT2D eigenvalue weighted by Gasteiger charge is 2.18. The molecule has 0 bridgehead atoms. The maximum Gasteiger partial charge on any atom is 0.261 e. The highest BCUT2D eigenvalue weighted by atomic mass is 32.1. The quantitative estimate of drug-likeness (QED) is 0.917. The molecule has 1 aromatic heterocycles. The number of aryl methyl sites for hydroxylation is 1. The zero-order valence-corrected chi connectivity index (χ0v) is 13.1. The number of nitrogens with zero attached hydrogens (tertiary/aromatic N) is 2. The average Bonchev–Trinajstić information content (AvgIpc) is 3.17. The maximum atomic E-state index is 12.4.